The van der Waals surface area contributed by atoms with Crippen LogP contribution < -0.4 is 10.9 Å². The third kappa shape index (κ3) is 4.20. The smallest absolute Gasteiger partial charge is 0.261 e. The minimum Gasteiger partial charge on any atom is -0.345 e. The van der Waals surface area contributed by atoms with E-state index in [2.05, 4.69) is 10.3 Å². The van der Waals surface area contributed by atoms with E-state index in [1.165, 1.54) is 21.9 Å². The number of nitrogens with one attached hydrogen (secondary N) is 1. The van der Waals surface area contributed by atoms with Crippen molar-refractivity contribution in [3.8, 4) is 0 Å². The molecule has 0 atom stereocenters. The Labute approximate surface area is 166 Å². The van der Waals surface area contributed by atoms with Gasteiger partial charge in [0.25, 0.3) is 11.5 Å². The lowest BCUT2D eigenvalue weighted by molar-refractivity contribution is -0.116. The van der Waals surface area contributed by atoms with Crippen LogP contribution in [0.25, 0.3) is 10.9 Å². The average molecular weight is 399 g/mol. The number of para-hydroxylation sites is 1. The van der Waals surface area contributed by atoms with Crippen LogP contribution in [0, 0.1) is 0 Å². The maximum absolute atomic E-state index is 12.5. The van der Waals surface area contributed by atoms with E-state index >= 15 is 0 Å². The number of fused-ring (bicyclic) bond motifs is 1. The number of nitrogens with zero attached hydrogens (tertiary/aromatic N) is 3. The Balaban J connectivity index is 1.70. The lowest BCUT2D eigenvalue weighted by Gasteiger charge is -2.13. The molecular weight excluding hydrogens is 380 g/mol. The molecule has 0 aliphatic heterocycles. The standard InChI is InChI=1S/C20H19ClN4O3/c1-24(2)19(27)15-11-13(7-8-16(15)21)23-18(26)9-10-25-12-22-17-6-4-3-5-14(17)20(25)28/h3-8,11-12H,9-10H2,1-2H3,(H,23,26). The molecule has 8 heteroatoms. The van der Waals surface area contributed by atoms with Crippen LogP contribution in [-0.2, 0) is 11.3 Å². The maximum Gasteiger partial charge on any atom is 0.261 e. The van der Waals surface area contributed by atoms with Gasteiger partial charge in [0.1, 0.15) is 0 Å². The van der Waals surface area contributed by atoms with Crippen molar-refractivity contribution in [1.29, 1.82) is 0 Å². The van der Waals surface area contributed by atoms with E-state index in [-0.39, 0.29) is 30.3 Å². The first-order valence-corrected chi connectivity index (χ1v) is 9.00. The van der Waals surface area contributed by atoms with Crippen LogP contribution >= 0.6 is 11.6 Å². The van der Waals surface area contributed by atoms with E-state index in [1.807, 2.05) is 6.07 Å². The van der Waals surface area contributed by atoms with Crippen LogP contribution in [0.15, 0.2) is 53.6 Å². The number of benzene rings is 2. The molecule has 7 nitrogen and oxygen atoms in total. The van der Waals surface area contributed by atoms with Gasteiger partial charge in [-0.1, -0.05) is 23.7 Å². The SMILES string of the molecule is CN(C)C(=O)c1cc(NC(=O)CCn2cnc3ccccc3c2=O)ccc1Cl. The number of aryl methyl sites for hydroxylation is 1. The largest absolute Gasteiger partial charge is 0.345 e. The highest BCUT2D eigenvalue weighted by atomic mass is 35.5. The number of amides is 2. The van der Waals surface area contributed by atoms with Crippen molar-refractivity contribution in [2.24, 2.45) is 0 Å². The quantitative estimate of drug-likeness (QED) is 0.716. The first kappa shape index (κ1) is 19.6. The van der Waals surface area contributed by atoms with Crippen LogP contribution in [-0.4, -0.2) is 40.4 Å². The second-order valence-corrected chi connectivity index (χ2v) is 6.86. The number of halogens is 1. The van der Waals surface area contributed by atoms with Crippen LogP contribution in [0.3, 0.4) is 0 Å². The second kappa shape index (κ2) is 8.22. The zero-order chi connectivity index (χ0) is 20.3. The molecular formula is C20H19ClN4O3. The van der Waals surface area contributed by atoms with Gasteiger partial charge in [-0.15, -0.1) is 0 Å². The van der Waals surface area contributed by atoms with E-state index in [0.717, 1.165) is 0 Å². The fourth-order valence-electron chi connectivity index (χ4n) is 2.72. The number of rotatable bonds is 5. The van der Waals surface area contributed by atoms with Gasteiger partial charge in [-0.25, -0.2) is 4.98 Å². The molecule has 0 saturated heterocycles. The van der Waals surface area contributed by atoms with Crippen LogP contribution in [0.4, 0.5) is 5.69 Å². The van der Waals surface area contributed by atoms with Gasteiger partial charge in [-0.05, 0) is 30.3 Å². The van der Waals surface area contributed by atoms with Crippen LogP contribution in [0.5, 0.6) is 0 Å². The maximum atomic E-state index is 12.5. The molecule has 2 amide bonds. The summed E-state index contributed by atoms with van der Waals surface area (Å²) in [6, 6.07) is 11.8. The van der Waals surface area contributed by atoms with E-state index in [4.69, 9.17) is 11.6 Å². The number of hydrogen-bond acceptors (Lipinski definition) is 4. The van der Waals surface area contributed by atoms with Gasteiger partial charge in [0, 0.05) is 32.7 Å². The minimum absolute atomic E-state index is 0.0829. The highest BCUT2D eigenvalue weighted by molar-refractivity contribution is 6.34. The second-order valence-electron chi connectivity index (χ2n) is 6.45. The zero-order valence-electron chi connectivity index (χ0n) is 15.5. The number of hydrogen-bond donors (Lipinski definition) is 1. The lowest BCUT2D eigenvalue weighted by Crippen LogP contribution is -2.24. The Morgan fingerprint density at radius 1 is 1.18 bits per heavy atom. The Kier molecular flexibility index (Phi) is 5.75. The molecule has 1 heterocycles. The van der Waals surface area contributed by atoms with Crippen molar-refractivity contribution in [3.63, 3.8) is 0 Å². The highest BCUT2D eigenvalue weighted by Gasteiger charge is 2.14. The van der Waals surface area contributed by atoms with Crippen LogP contribution in [0.2, 0.25) is 5.02 Å². The summed E-state index contributed by atoms with van der Waals surface area (Å²) >= 11 is 6.07. The lowest BCUT2D eigenvalue weighted by atomic mass is 10.1. The molecule has 0 spiro atoms. The van der Waals surface area contributed by atoms with Gasteiger partial charge >= 0.3 is 0 Å². The van der Waals surface area contributed by atoms with Crippen molar-refractivity contribution in [1.82, 2.24) is 14.5 Å². The van der Waals surface area contributed by atoms with E-state index in [9.17, 15) is 14.4 Å². The Bertz CT molecular complexity index is 1110. The summed E-state index contributed by atoms with van der Waals surface area (Å²) in [5.74, 6) is -0.541. The predicted molar refractivity (Wildman–Crippen MR) is 109 cm³/mol. The topological polar surface area (TPSA) is 84.3 Å². The molecule has 1 N–H and O–H groups in total. The molecule has 0 fully saturated rings. The zero-order valence-corrected chi connectivity index (χ0v) is 16.2. The minimum atomic E-state index is -0.286. The number of aromatic nitrogens is 2. The van der Waals surface area contributed by atoms with E-state index < -0.39 is 0 Å². The summed E-state index contributed by atoms with van der Waals surface area (Å²) in [4.78, 5) is 42.5. The third-order valence-corrected chi connectivity index (χ3v) is 4.53. The molecule has 144 valence electrons. The Hall–Kier alpha value is -3.19. The molecule has 1 aromatic heterocycles. The average Bonchev–Trinajstić information content (AvgIpc) is 2.68. The highest BCUT2D eigenvalue weighted by Crippen LogP contribution is 2.22. The van der Waals surface area contributed by atoms with Crippen molar-refractivity contribution < 1.29 is 9.59 Å². The van der Waals surface area contributed by atoms with Crippen molar-refractivity contribution in [3.05, 3.63) is 69.7 Å². The Morgan fingerprint density at radius 2 is 1.93 bits per heavy atom. The molecule has 3 aromatic rings. The normalized spacial score (nSPS) is 10.7. The summed E-state index contributed by atoms with van der Waals surface area (Å²) in [6.07, 6.45) is 1.52. The summed E-state index contributed by atoms with van der Waals surface area (Å²) < 4.78 is 1.41. The van der Waals surface area contributed by atoms with Crippen molar-refractivity contribution in [2.75, 3.05) is 19.4 Å². The number of anilines is 1. The summed E-state index contributed by atoms with van der Waals surface area (Å²) in [6.45, 7) is 0.194. The first-order valence-electron chi connectivity index (χ1n) is 8.62. The third-order valence-electron chi connectivity index (χ3n) is 4.20. The summed E-state index contributed by atoms with van der Waals surface area (Å²) in [7, 11) is 3.25. The summed E-state index contributed by atoms with van der Waals surface area (Å²) in [5.41, 5.74) is 1.19. The van der Waals surface area contributed by atoms with Gasteiger partial charge in [0.05, 0.1) is 27.8 Å². The fraction of sp³-hybridized carbons (Fsp3) is 0.200. The number of carbonyl (C=O) groups excluding carboxylic acids is 2. The molecule has 28 heavy (non-hydrogen) atoms. The van der Waals surface area contributed by atoms with Crippen molar-refractivity contribution in [2.45, 2.75) is 13.0 Å². The monoisotopic (exact) mass is 398 g/mol. The van der Waals surface area contributed by atoms with Gasteiger partial charge in [0.2, 0.25) is 5.91 Å². The van der Waals surface area contributed by atoms with E-state index in [0.29, 0.717) is 27.2 Å². The van der Waals surface area contributed by atoms with E-state index in [1.54, 1.807) is 44.4 Å². The number of carbonyl (C=O) groups is 2. The van der Waals surface area contributed by atoms with Gasteiger partial charge < -0.3 is 10.2 Å². The first-order chi connectivity index (χ1) is 13.4. The predicted octanol–water partition coefficient (Wildman–Crippen LogP) is 2.78. The van der Waals surface area contributed by atoms with Gasteiger partial charge in [-0.2, -0.15) is 0 Å². The van der Waals surface area contributed by atoms with Crippen LogP contribution in [0.1, 0.15) is 16.8 Å². The molecule has 0 unspecified atom stereocenters. The molecule has 0 aliphatic rings. The fourth-order valence-corrected chi connectivity index (χ4v) is 2.92. The summed E-state index contributed by atoms with van der Waals surface area (Å²) in [5, 5.41) is 3.55. The molecule has 0 radical (unpaired) electrons. The molecule has 0 bridgehead atoms. The molecule has 0 aliphatic carbocycles. The van der Waals surface area contributed by atoms with Gasteiger partial charge in [-0.3, -0.25) is 19.0 Å². The molecule has 3 rings (SSSR count). The Morgan fingerprint density at radius 3 is 2.68 bits per heavy atom. The van der Waals surface area contributed by atoms with Crippen molar-refractivity contribution >= 4 is 40.0 Å². The van der Waals surface area contributed by atoms with Gasteiger partial charge in [0.15, 0.2) is 0 Å². The molecule has 0 saturated carbocycles. The molecule has 2 aromatic carbocycles.